The highest BCUT2D eigenvalue weighted by molar-refractivity contribution is 7.89. The number of amides is 1. The number of tetrazole rings is 1. The molecule has 12 heteroatoms. The van der Waals surface area contributed by atoms with E-state index in [-0.39, 0.29) is 35.0 Å². The summed E-state index contributed by atoms with van der Waals surface area (Å²) in [5.41, 5.74) is 0. The van der Waals surface area contributed by atoms with Gasteiger partial charge in [0, 0.05) is 42.3 Å². The van der Waals surface area contributed by atoms with Gasteiger partial charge >= 0.3 is 0 Å². The highest BCUT2D eigenvalue weighted by Gasteiger charge is 2.34. The van der Waals surface area contributed by atoms with E-state index in [0.717, 1.165) is 0 Å². The van der Waals surface area contributed by atoms with E-state index in [9.17, 15) is 13.2 Å². The highest BCUT2D eigenvalue weighted by atomic mass is 35.5. The van der Waals surface area contributed by atoms with Crippen LogP contribution in [0.2, 0.25) is 5.02 Å². The molecular weight excluding hydrogens is 406 g/mol. The molecule has 4 rings (SSSR count). The predicted octanol–water partition coefficient (Wildman–Crippen LogP) is 0.454. The summed E-state index contributed by atoms with van der Waals surface area (Å²) in [6, 6.07) is 4.67. The third kappa shape index (κ3) is 3.55. The lowest BCUT2D eigenvalue weighted by atomic mass is 10.2. The molecule has 3 aromatic rings. The van der Waals surface area contributed by atoms with E-state index < -0.39 is 10.0 Å². The molecule has 146 valence electrons. The van der Waals surface area contributed by atoms with Crippen molar-refractivity contribution in [3.05, 3.63) is 41.9 Å². The van der Waals surface area contributed by atoms with E-state index in [1.807, 2.05) is 0 Å². The lowest BCUT2D eigenvalue weighted by molar-refractivity contribution is -0.122. The van der Waals surface area contributed by atoms with Crippen molar-refractivity contribution in [2.24, 2.45) is 0 Å². The van der Waals surface area contributed by atoms with Gasteiger partial charge in [-0.05, 0) is 22.9 Å². The van der Waals surface area contributed by atoms with E-state index in [4.69, 9.17) is 11.6 Å². The quantitative estimate of drug-likeness (QED) is 0.634. The monoisotopic (exact) mass is 421 g/mol. The smallest absolute Gasteiger partial charge is 0.243 e. The SMILES string of the molecule is O=C(Cn1cnnn1)N[C@H]1CCN(S(=O)(=O)c2cccc3cncc(Cl)c23)C1. The van der Waals surface area contributed by atoms with Crippen LogP contribution in [0.15, 0.2) is 41.8 Å². The molecule has 1 atom stereocenters. The Bertz CT molecular complexity index is 1120. The van der Waals surface area contributed by atoms with Crippen molar-refractivity contribution in [2.75, 3.05) is 13.1 Å². The van der Waals surface area contributed by atoms with E-state index in [1.54, 1.807) is 18.3 Å². The molecule has 10 nitrogen and oxygen atoms in total. The number of sulfonamides is 1. The van der Waals surface area contributed by atoms with Crippen LogP contribution >= 0.6 is 11.6 Å². The molecule has 1 aliphatic rings. The lowest BCUT2D eigenvalue weighted by Crippen LogP contribution is -2.40. The summed E-state index contributed by atoms with van der Waals surface area (Å²) in [4.78, 5) is 16.2. The summed E-state index contributed by atoms with van der Waals surface area (Å²) < 4.78 is 29.0. The van der Waals surface area contributed by atoms with Gasteiger partial charge in [0.1, 0.15) is 12.9 Å². The summed E-state index contributed by atoms with van der Waals surface area (Å²) in [5.74, 6) is -0.282. The molecule has 0 saturated carbocycles. The number of carbonyl (C=O) groups is 1. The van der Waals surface area contributed by atoms with Crippen molar-refractivity contribution in [1.29, 1.82) is 0 Å². The molecule has 28 heavy (non-hydrogen) atoms. The number of pyridine rings is 1. The summed E-state index contributed by atoms with van der Waals surface area (Å²) >= 11 is 6.22. The van der Waals surface area contributed by atoms with Crippen LogP contribution in [-0.2, 0) is 21.4 Å². The van der Waals surface area contributed by atoms with Gasteiger partial charge in [0.25, 0.3) is 0 Å². The standard InChI is InChI=1S/C16H16ClN7O3S/c17-13-7-18-6-11-2-1-3-14(16(11)13)28(26,27)24-5-4-12(8-24)20-15(25)9-23-10-19-21-22-23/h1-3,6-7,10,12H,4-5,8-9H2,(H,20,25)/t12-/m0/s1. The molecule has 1 N–H and O–H groups in total. The van der Waals surface area contributed by atoms with Crippen LogP contribution in [0.1, 0.15) is 6.42 Å². The van der Waals surface area contributed by atoms with Crippen LogP contribution < -0.4 is 5.32 Å². The maximum atomic E-state index is 13.2. The van der Waals surface area contributed by atoms with E-state index >= 15 is 0 Å². The zero-order valence-corrected chi connectivity index (χ0v) is 16.1. The van der Waals surface area contributed by atoms with Crippen molar-refractivity contribution >= 4 is 38.3 Å². The number of halogens is 1. The molecule has 1 fully saturated rings. The maximum Gasteiger partial charge on any atom is 0.243 e. The Balaban J connectivity index is 1.51. The first kappa shape index (κ1) is 18.7. The van der Waals surface area contributed by atoms with E-state index in [0.29, 0.717) is 23.7 Å². The number of nitrogens with one attached hydrogen (secondary N) is 1. The second-order valence-corrected chi connectivity index (χ2v) is 8.71. The normalized spacial score (nSPS) is 17.8. The maximum absolute atomic E-state index is 13.2. The Kier molecular flexibility index (Phi) is 4.96. The zero-order chi connectivity index (χ0) is 19.7. The summed E-state index contributed by atoms with van der Waals surface area (Å²) in [6.45, 7) is 0.461. The number of hydrogen-bond acceptors (Lipinski definition) is 7. The summed E-state index contributed by atoms with van der Waals surface area (Å²) in [7, 11) is -3.77. The minimum Gasteiger partial charge on any atom is -0.350 e. The van der Waals surface area contributed by atoms with Gasteiger partial charge < -0.3 is 5.32 Å². The first-order valence-electron chi connectivity index (χ1n) is 8.47. The van der Waals surface area contributed by atoms with E-state index in [1.165, 1.54) is 27.6 Å². The molecule has 1 aromatic carbocycles. The predicted molar refractivity (Wildman–Crippen MR) is 99.9 cm³/mol. The molecule has 1 aliphatic heterocycles. The fourth-order valence-corrected chi connectivity index (χ4v) is 5.31. The molecule has 2 aromatic heterocycles. The van der Waals surface area contributed by atoms with Crippen molar-refractivity contribution in [3.8, 4) is 0 Å². The van der Waals surface area contributed by atoms with Crippen LogP contribution in [-0.4, -0.2) is 63.0 Å². The number of carbonyl (C=O) groups excluding carboxylic acids is 1. The average molecular weight is 422 g/mol. The van der Waals surface area contributed by atoms with Gasteiger partial charge in [0.2, 0.25) is 15.9 Å². The van der Waals surface area contributed by atoms with E-state index in [2.05, 4.69) is 25.8 Å². The van der Waals surface area contributed by atoms with Gasteiger partial charge in [-0.1, -0.05) is 23.7 Å². The van der Waals surface area contributed by atoms with Crippen molar-refractivity contribution in [3.63, 3.8) is 0 Å². The number of aromatic nitrogens is 5. The van der Waals surface area contributed by atoms with Crippen LogP contribution in [0.25, 0.3) is 10.8 Å². The number of rotatable bonds is 5. The number of benzene rings is 1. The first-order valence-corrected chi connectivity index (χ1v) is 10.3. The second-order valence-electron chi connectivity index (χ2n) is 6.40. The van der Waals surface area contributed by atoms with Crippen molar-refractivity contribution < 1.29 is 13.2 Å². The Morgan fingerprint density at radius 1 is 1.32 bits per heavy atom. The molecule has 1 saturated heterocycles. The van der Waals surface area contributed by atoms with Gasteiger partial charge in [0.05, 0.1) is 9.92 Å². The molecule has 0 aliphatic carbocycles. The molecular formula is C16H16ClN7O3S. The lowest BCUT2D eigenvalue weighted by Gasteiger charge is -2.18. The average Bonchev–Trinajstić information content (AvgIpc) is 3.34. The van der Waals surface area contributed by atoms with Gasteiger partial charge in [-0.3, -0.25) is 9.78 Å². The van der Waals surface area contributed by atoms with Crippen LogP contribution in [0.4, 0.5) is 0 Å². The van der Waals surface area contributed by atoms with Gasteiger partial charge in [0.15, 0.2) is 0 Å². The molecule has 0 unspecified atom stereocenters. The first-order chi connectivity index (χ1) is 13.4. The summed E-state index contributed by atoms with van der Waals surface area (Å²) in [5, 5.41) is 14.8. The molecule has 0 radical (unpaired) electrons. The number of fused-ring (bicyclic) bond motifs is 1. The fraction of sp³-hybridized carbons (Fsp3) is 0.312. The van der Waals surface area contributed by atoms with Crippen LogP contribution in [0, 0.1) is 0 Å². The highest BCUT2D eigenvalue weighted by Crippen LogP contribution is 2.32. The second kappa shape index (κ2) is 7.41. The minimum atomic E-state index is -3.77. The Morgan fingerprint density at radius 2 is 2.18 bits per heavy atom. The third-order valence-electron chi connectivity index (χ3n) is 4.53. The Morgan fingerprint density at radius 3 is 2.96 bits per heavy atom. The molecule has 0 spiro atoms. The van der Waals surface area contributed by atoms with Crippen LogP contribution in [0.3, 0.4) is 0 Å². The molecule has 1 amide bonds. The number of hydrogen-bond donors (Lipinski definition) is 1. The largest absolute Gasteiger partial charge is 0.350 e. The molecule has 0 bridgehead atoms. The van der Waals surface area contributed by atoms with Gasteiger partial charge in [-0.25, -0.2) is 13.1 Å². The topological polar surface area (TPSA) is 123 Å². The van der Waals surface area contributed by atoms with Gasteiger partial charge in [-0.2, -0.15) is 4.31 Å². The van der Waals surface area contributed by atoms with Crippen molar-refractivity contribution in [2.45, 2.75) is 23.9 Å². The van der Waals surface area contributed by atoms with Crippen LogP contribution in [0.5, 0.6) is 0 Å². The van der Waals surface area contributed by atoms with Crippen molar-refractivity contribution in [1.82, 2.24) is 34.8 Å². The number of nitrogens with zero attached hydrogens (tertiary/aromatic N) is 6. The summed E-state index contributed by atoms with van der Waals surface area (Å²) in [6.07, 6.45) is 4.85. The zero-order valence-electron chi connectivity index (χ0n) is 14.6. The minimum absolute atomic E-state index is 0.0256. The fourth-order valence-electron chi connectivity index (χ4n) is 3.25. The Hall–Kier alpha value is -2.63. The third-order valence-corrected chi connectivity index (χ3v) is 6.72. The molecule has 3 heterocycles. The van der Waals surface area contributed by atoms with Gasteiger partial charge in [-0.15, -0.1) is 5.10 Å². The Labute approximate surface area is 165 Å².